The lowest BCUT2D eigenvalue weighted by Gasteiger charge is -2.02. The molecule has 0 radical (unpaired) electrons. The van der Waals surface area contributed by atoms with Crippen molar-refractivity contribution in [2.24, 2.45) is 0 Å². The molecule has 0 unspecified atom stereocenters. The summed E-state index contributed by atoms with van der Waals surface area (Å²) in [4.78, 5) is 11.2. The molecule has 0 saturated heterocycles. The van der Waals surface area contributed by atoms with Crippen LogP contribution in [0.25, 0.3) is 11.3 Å². The number of anilines is 1. The zero-order valence-corrected chi connectivity index (χ0v) is 11.1. The van der Waals surface area contributed by atoms with Crippen molar-refractivity contribution in [3.63, 3.8) is 0 Å². The van der Waals surface area contributed by atoms with E-state index in [4.69, 9.17) is 10.5 Å². The number of ether oxygens (including phenoxy) is 1. The molecule has 5 heteroatoms. The fraction of sp³-hybridized carbons (Fsp3) is 0.286. The lowest BCUT2D eigenvalue weighted by atomic mass is 10.1. The molecular formula is C14H17N3O2. The van der Waals surface area contributed by atoms with E-state index in [2.05, 4.69) is 5.10 Å². The van der Waals surface area contributed by atoms with E-state index >= 15 is 0 Å². The number of carbonyl (C=O) groups excluding carboxylic acids is 1. The van der Waals surface area contributed by atoms with Crippen molar-refractivity contribution >= 4 is 12.1 Å². The topological polar surface area (TPSA) is 70.1 Å². The van der Waals surface area contributed by atoms with E-state index < -0.39 is 0 Å². The molecule has 0 spiro atoms. The number of carbonyl (C=O) groups is 1. The Morgan fingerprint density at radius 1 is 1.47 bits per heavy atom. The summed E-state index contributed by atoms with van der Waals surface area (Å²) in [7, 11) is 1.60. The molecule has 2 rings (SSSR count). The van der Waals surface area contributed by atoms with Gasteiger partial charge in [0.15, 0.2) is 6.29 Å². The van der Waals surface area contributed by atoms with E-state index in [1.807, 2.05) is 31.2 Å². The Balaban J connectivity index is 2.54. The second-order valence-electron chi connectivity index (χ2n) is 4.22. The summed E-state index contributed by atoms with van der Waals surface area (Å²) in [6.45, 7) is 2.73. The molecule has 0 bridgehead atoms. The number of hydrogen-bond donors (Lipinski definition) is 1. The van der Waals surface area contributed by atoms with Gasteiger partial charge in [-0.3, -0.25) is 4.79 Å². The first kappa shape index (κ1) is 13.1. The first-order chi connectivity index (χ1) is 9.21. The van der Waals surface area contributed by atoms with Crippen molar-refractivity contribution in [2.75, 3.05) is 12.8 Å². The van der Waals surface area contributed by atoms with Crippen LogP contribution in [-0.2, 0) is 6.54 Å². The molecule has 2 N–H and O–H groups in total. The summed E-state index contributed by atoms with van der Waals surface area (Å²) in [5.41, 5.74) is 7.80. The van der Waals surface area contributed by atoms with Gasteiger partial charge in [0.2, 0.25) is 0 Å². The number of benzene rings is 1. The van der Waals surface area contributed by atoms with Crippen LogP contribution < -0.4 is 10.5 Å². The summed E-state index contributed by atoms with van der Waals surface area (Å²) >= 11 is 0. The summed E-state index contributed by atoms with van der Waals surface area (Å²) in [5, 5.41) is 4.42. The predicted octanol–water partition coefficient (Wildman–Crippen LogP) is 2.36. The maximum Gasteiger partial charge on any atom is 0.156 e. The van der Waals surface area contributed by atoms with Crippen molar-refractivity contribution in [3.05, 3.63) is 29.8 Å². The van der Waals surface area contributed by atoms with Crippen LogP contribution in [0.4, 0.5) is 5.82 Å². The number of nitrogen functional groups attached to an aromatic ring is 1. The lowest BCUT2D eigenvalue weighted by Crippen LogP contribution is -2.04. The molecule has 2 aromatic rings. The van der Waals surface area contributed by atoms with Crippen molar-refractivity contribution in [1.82, 2.24) is 9.78 Å². The average molecular weight is 259 g/mol. The number of nitrogens with two attached hydrogens (primary N) is 1. The highest BCUT2D eigenvalue weighted by Crippen LogP contribution is 2.28. The van der Waals surface area contributed by atoms with Gasteiger partial charge in [-0.15, -0.1) is 0 Å². The number of aromatic nitrogens is 2. The Morgan fingerprint density at radius 2 is 2.26 bits per heavy atom. The fourth-order valence-electron chi connectivity index (χ4n) is 1.97. The van der Waals surface area contributed by atoms with Crippen LogP contribution in [0, 0.1) is 0 Å². The summed E-state index contributed by atoms with van der Waals surface area (Å²) in [5.74, 6) is 1.13. The zero-order valence-electron chi connectivity index (χ0n) is 11.1. The molecule has 0 amide bonds. The Hall–Kier alpha value is -2.30. The molecule has 5 nitrogen and oxygen atoms in total. The van der Waals surface area contributed by atoms with E-state index in [1.165, 1.54) is 0 Å². The molecule has 1 aromatic heterocycles. The normalized spacial score (nSPS) is 10.4. The number of rotatable bonds is 5. The van der Waals surface area contributed by atoms with Crippen LogP contribution in [0.5, 0.6) is 5.75 Å². The number of aldehydes is 1. The van der Waals surface area contributed by atoms with E-state index in [1.54, 1.807) is 11.8 Å². The summed E-state index contributed by atoms with van der Waals surface area (Å²) < 4.78 is 6.85. The van der Waals surface area contributed by atoms with E-state index in [-0.39, 0.29) is 0 Å². The van der Waals surface area contributed by atoms with Crippen molar-refractivity contribution in [2.45, 2.75) is 19.9 Å². The van der Waals surface area contributed by atoms with Gasteiger partial charge in [0, 0.05) is 12.1 Å². The Bertz CT molecular complexity index is 590. The molecule has 1 aromatic carbocycles. The van der Waals surface area contributed by atoms with Gasteiger partial charge in [0.1, 0.15) is 17.3 Å². The third kappa shape index (κ3) is 2.45. The lowest BCUT2D eigenvalue weighted by molar-refractivity contribution is 0.112. The molecule has 0 aliphatic heterocycles. The smallest absolute Gasteiger partial charge is 0.156 e. The molecule has 1 heterocycles. The average Bonchev–Trinajstić information content (AvgIpc) is 2.76. The third-order valence-electron chi connectivity index (χ3n) is 2.93. The van der Waals surface area contributed by atoms with Crippen LogP contribution in [-0.4, -0.2) is 23.2 Å². The van der Waals surface area contributed by atoms with Crippen LogP contribution in [0.15, 0.2) is 24.3 Å². The summed E-state index contributed by atoms with van der Waals surface area (Å²) in [6, 6.07) is 7.42. The molecule has 0 atom stereocenters. The van der Waals surface area contributed by atoms with Crippen LogP contribution in [0.3, 0.4) is 0 Å². The van der Waals surface area contributed by atoms with Gasteiger partial charge < -0.3 is 10.5 Å². The minimum atomic E-state index is 0.412. The maximum absolute atomic E-state index is 11.2. The molecule has 19 heavy (non-hydrogen) atoms. The van der Waals surface area contributed by atoms with Gasteiger partial charge >= 0.3 is 0 Å². The Labute approximate surface area is 112 Å². The molecule has 0 fully saturated rings. The number of aryl methyl sites for hydroxylation is 1. The standard InChI is InChI=1S/C14H17N3O2/c1-3-7-17-14(15)12(9-18)13(16-17)10-5-4-6-11(8-10)19-2/h4-6,8-9H,3,7,15H2,1-2H3. The summed E-state index contributed by atoms with van der Waals surface area (Å²) in [6.07, 6.45) is 1.66. The van der Waals surface area contributed by atoms with Gasteiger partial charge in [-0.1, -0.05) is 19.1 Å². The van der Waals surface area contributed by atoms with Crippen molar-refractivity contribution < 1.29 is 9.53 Å². The van der Waals surface area contributed by atoms with Crippen LogP contribution >= 0.6 is 0 Å². The van der Waals surface area contributed by atoms with E-state index in [9.17, 15) is 4.79 Å². The van der Waals surface area contributed by atoms with Gasteiger partial charge in [0.05, 0.1) is 12.7 Å². The van der Waals surface area contributed by atoms with Gasteiger partial charge in [-0.2, -0.15) is 5.10 Å². The van der Waals surface area contributed by atoms with E-state index in [0.29, 0.717) is 23.6 Å². The largest absolute Gasteiger partial charge is 0.497 e. The highest BCUT2D eigenvalue weighted by atomic mass is 16.5. The minimum Gasteiger partial charge on any atom is -0.497 e. The van der Waals surface area contributed by atoms with E-state index in [0.717, 1.165) is 24.0 Å². The van der Waals surface area contributed by atoms with Crippen molar-refractivity contribution in [3.8, 4) is 17.0 Å². The highest BCUT2D eigenvalue weighted by molar-refractivity contribution is 5.91. The quantitative estimate of drug-likeness (QED) is 0.837. The second kappa shape index (κ2) is 5.56. The second-order valence-corrected chi connectivity index (χ2v) is 4.22. The molecular weight excluding hydrogens is 242 g/mol. The predicted molar refractivity (Wildman–Crippen MR) is 74.3 cm³/mol. The number of hydrogen-bond acceptors (Lipinski definition) is 4. The van der Waals surface area contributed by atoms with Gasteiger partial charge in [0.25, 0.3) is 0 Å². The third-order valence-corrected chi connectivity index (χ3v) is 2.93. The number of nitrogens with zero attached hydrogens (tertiary/aromatic N) is 2. The highest BCUT2D eigenvalue weighted by Gasteiger charge is 2.16. The Kier molecular flexibility index (Phi) is 3.85. The first-order valence-electron chi connectivity index (χ1n) is 6.17. The molecule has 0 saturated carbocycles. The number of methoxy groups -OCH3 is 1. The van der Waals surface area contributed by atoms with Gasteiger partial charge in [-0.25, -0.2) is 4.68 Å². The monoisotopic (exact) mass is 259 g/mol. The molecule has 100 valence electrons. The fourth-order valence-corrected chi connectivity index (χ4v) is 1.97. The van der Waals surface area contributed by atoms with Crippen LogP contribution in [0.2, 0.25) is 0 Å². The minimum absolute atomic E-state index is 0.412. The van der Waals surface area contributed by atoms with Crippen LogP contribution in [0.1, 0.15) is 23.7 Å². The Morgan fingerprint density at radius 3 is 2.89 bits per heavy atom. The molecule has 0 aliphatic rings. The molecule has 0 aliphatic carbocycles. The SMILES string of the molecule is CCCn1nc(-c2cccc(OC)c2)c(C=O)c1N. The first-order valence-corrected chi connectivity index (χ1v) is 6.17. The zero-order chi connectivity index (χ0) is 13.8. The van der Waals surface area contributed by atoms with Crippen molar-refractivity contribution in [1.29, 1.82) is 0 Å². The maximum atomic E-state index is 11.2. The van der Waals surface area contributed by atoms with Gasteiger partial charge in [-0.05, 0) is 18.6 Å².